The van der Waals surface area contributed by atoms with Gasteiger partial charge >= 0.3 is 5.97 Å². The molecule has 0 spiro atoms. The maximum atomic E-state index is 11.8. The molecule has 1 rings (SSSR count). The molecule has 3 N–H and O–H groups in total. The smallest absolute Gasteiger partial charge is 0.324 e. The van der Waals surface area contributed by atoms with Gasteiger partial charge < -0.3 is 5.11 Å². The quantitative estimate of drug-likeness (QED) is 0.693. The average molecular weight is 264 g/mol. The Morgan fingerprint density at radius 3 is 2.06 bits per heavy atom. The van der Waals surface area contributed by atoms with Crippen molar-refractivity contribution in [1.82, 2.24) is 9.44 Å². The highest BCUT2D eigenvalue weighted by Crippen LogP contribution is 2.30. The van der Waals surface area contributed by atoms with E-state index in [9.17, 15) is 18.3 Å². The lowest BCUT2D eigenvalue weighted by atomic mass is 10.0. The second kappa shape index (κ2) is 4.55. The minimum Gasteiger partial charge on any atom is -0.480 e. The number of hydrogen-bond acceptors (Lipinski definition) is 3. The second-order valence-corrected chi connectivity index (χ2v) is 6.97. The van der Waals surface area contributed by atoms with E-state index in [1.54, 1.807) is 20.8 Å². The molecule has 0 saturated heterocycles. The fraction of sp³-hybridized carbons (Fsp3) is 0.900. The van der Waals surface area contributed by atoms with Gasteiger partial charge in [0.2, 0.25) is 0 Å². The molecule has 0 bridgehead atoms. The molecule has 0 atom stereocenters. The molecule has 1 saturated carbocycles. The van der Waals surface area contributed by atoms with Gasteiger partial charge in [0.25, 0.3) is 10.2 Å². The summed E-state index contributed by atoms with van der Waals surface area (Å²) < 4.78 is 28.3. The van der Waals surface area contributed by atoms with Crippen molar-refractivity contribution in [3.8, 4) is 0 Å². The number of aliphatic carboxylic acids is 1. The van der Waals surface area contributed by atoms with E-state index in [0.717, 1.165) is 12.8 Å². The highest BCUT2D eigenvalue weighted by atomic mass is 32.2. The molecule has 6 nitrogen and oxygen atoms in total. The molecule has 1 aliphatic carbocycles. The van der Waals surface area contributed by atoms with Crippen LogP contribution in [0.3, 0.4) is 0 Å². The maximum Gasteiger partial charge on any atom is 0.324 e. The van der Waals surface area contributed by atoms with Crippen molar-refractivity contribution in [1.29, 1.82) is 0 Å². The number of nitrogens with one attached hydrogen (secondary N) is 2. The zero-order chi connectivity index (χ0) is 13.3. The van der Waals surface area contributed by atoms with E-state index < -0.39 is 27.3 Å². The highest BCUT2D eigenvalue weighted by Gasteiger charge is 2.44. The van der Waals surface area contributed by atoms with Crippen LogP contribution in [0.5, 0.6) is 0 Å². The van der Waals surface area contributed by atoms with Crippen LogP contribution in [0.15, 0.2) is 0 Å². The molecule has 0 aliphatic heterocycles. The molecule has 7 heteroatoms. The van der Waals surface area contributed by atoms with Gasteiger partial charge in [-0.2, -0.15) is 17.9 Å². The van der Waals surface area contributed by atoms with Crippen LogP contribution in [0, 0.1) is 0 Å². The standard InChI is InChI=1S/C10H20N2O4S/c1-9(2,3)11-17(15,16)12-10(8(13)14)6-4-5-7-10/h11-12H,4-7H2,1-3H3,(H,13,14). The number of hydrogen-bond donors (Lipinski definition) is 3. The third kappa shape index (κ3) is 3.93. The molecule has 1 fully saturated rings. The van der Waals surface area contributed by atoms with Gasteiger partial charge in [0.05, 0.1) is 0 Å². The van der Waals surface area contributed by atoms with Gasteiger partial charge in [-0.25, -0.2) is 0 Å². The number of rotatable bonds is 4. The Kier molecular flexibility index (Phi) is 3.85. The van der Waals surface area contributed by atoms with Gasteiger partial charge in [0.1, 0.15) is 5.54 Å². The number of carbonyl (C=O) groups is 1. The van der Waals surface area contributed by atoms with E-state index in [2.05, 4.69) is 9.44 Å². The van der Waals surface area contributed by atoms with Gasteiger partial charge in [-0.3, -0.25) is 4.79 Å². The average Bonchev–Trinajstić information content (AvgIpc) is 2.47. The molecular formula is C10H20N2O4S. The minimum absolute atomic E-state index is 0.341. The molecular weight excluding hydrogens is 244 g/mol. The van der Waals surface area contributed by atoms with E-state index in [-0.39, 0.29) is 0 Å². The predicted octanol–water partition coefficient (Wildman–Crippen LogP) is 0.606. The van der Waals surface area contributed by atoms with Crippen molar-refractivity contribution < 1.29 is 18.3 Å². The van der Waals surface area contributed by atoms with E-state index >= 15 is 0 Å². The monoisotopic (exact) mass is 264 g/mol. The van der Waals surface area contributed by atoms with Crippen molar-refractivity contribution in [2.24, 2.45) is 0 Å². The maximum absolute atomic E-state index is 11.8. The summed E-state index contributed by atoms with van der Waals surface area (Å²) in [5.41, 5.74) is -1.97. The summed E-state index contributed by atoms with van der Waals surface area (Å²) in [5.74, 6) is -1.10. The van der Waals surface area contributed by atoms with E-state index in [0.29, 0.717) is 12.8 Å². The molecule has 0 amide bonds. The Morgan fingerprint density at radius 2 is 1.71 bits per heavy atom. The Labute approximate surface area is 102 Å². The largest absolute Gasteiger partial charge is 0.480 e. The van der Waals surface area contributed by atoms with Gasteiger partial charge in [0, 0.05) is 5.54 Å². The van der Waals surface area contributed by atoms with Crippen LogP contribution in [0.25, 0.3) is 0 Å². The molecule has 0 aromatic rings. The topological polar surface area (TPSA) is 95.5 Å². The summed E-state index contributed by atoms with van der Waals surface area (Å²) in [6.07, 6.45) is 2.13. The summed E-state index contributed by atoms with van der Waals surface area (Å²) in [6.45, 7) is 5.11. The van der Waals surface area contributed by atoms with Crippen LogP contribution >= 0.6 is 0 Å². The van der Waals surface area contributed by atoms with E-state index in [1.807, 2.05) is 0 Å². The fourth-order valence-electron chi connectivity index (χ4n) is 2.02. The Morgan fingerprint density at radius 1 is 1.24 bits per heavy atom. The lowest BCUT2D eigenvalue weighted by Crippen LogP contribution is -2.58. The zero-order valence-electron chi connectivity index (χ0n) is 10.4. The van der Waals surface area contributed by atoms with Crippen LogP contribution < -0.4 is 9.44 Å². The lowest BCUT2D eigenvalue weighted by molar-refractivity contribution is -0.143. The molecule has 0 heterocycles. The van der Waals surface area contributed by atoms with Crippen LogP contribution in [-0.2, 0) is 15.0 Å². The summed E-state index contributed by atoms with van der Waals surface area (Å²) in [7, 11) is -3.81. The van der Waals surface area contributed by atoms with Crippen LogP contribution in [0.1, 0.15) is 46.5 Å². The van der Waals surface area contributed by atoms with Gasteiger partial charge in [-0.05, 0) is 33.6 Å². The first-order chi connectivity index (χ1) is 7.56. The zero-order valence-corrected chi connectivity index (χ0v) is 11.2. The molecule has 17 heavy (non-hydrogen) atoms. The van der Waals surface area contributed by atoms with Crippen molar-refractivity contribution in [2.75, 3.05) is 0 Å². The SMILES string of the molecule is CC(C)(C)NS(=O)(=O)NC1(C(=O)O)CCCC1. The summed E-state index contributed by atoms with van der Waals surface area (Å²) in [5, 5.41) is 9.17. The van der Waals surface area contributed by atoms with Gasteiger partial charge in [-0.15, -0.1) is 0 Å². The molecule has 0 aromatic carbocycles. The van der Waals surface area contributed by atoms with Crippen molar-refractivity contribution in [3.05, 3.63) is 0 Å². The van der Waals surface area contributed by atoms with E-state index in [1.165, 1.54) is 0 Å². The van der Waals surface area contributed by atoms with Gasteiger partial charge in [0.15, 0.2) is 0 Å². The third-order valence-electron chi connectivity index (χ3n) is 2.64. The normalized spacial score (nSPS) is 20.4. The molecule has 1 aliphatic rings. The fourth-order valence-corrected chi connectivity index (χ4v) is 3.69. The molecule has 100 valence electrons. The van der Waals surface area contributed by atoms with Gasteiger partial charge in [-0.1, -0.05) is 12.8 Å². The summed E-state index contributed by atoms with van der Waals surface area (Å²) >= 11 is 0. The van der Waals surface area contributed by atoms with Crippen LogP contribution in [-0.4, -0.2) is 30.6 Å². The summed E-state index contributed by atoms with van der Waals surface area (Å²) in [4.78, 5) is 11.2. The molecule has 0 unspecified atom stereocenters. The molecule has 0 radical (unpaired) electrons. The first kappa shape index (κ1) is 14.4. The first-order valence-corrected chi connectivity index (χ1v) is 7.11. The van der Waals surface area contributed by atoms with Crippen molar-refractivity contribution in [3.63, 3.8) is 0 Å². The Bertz CT molecular complexity index is 391. The van der Waals surface area contributed by atoms with Crippen molar-refractivity contribution in [2.45, 2.75) is 57.5 Å². The van der Waals surface area contributed by atoms with Crippen LogP contribution in [0.2, 0.25) is 0 Å². The third-order valence-corrected chi connectivity index (χ3v) is 4.18. The minimum atomic E-state index is -3.81. The van der Waals surface area contributed by atoms with Crippen LogP contribution in [0.4, 0.5) is 0 Å². The summed E-state index contributed by atoms with van der Waals surface area (Å²) in [6, 6.07) is 0. The van der Waals surface area contributed by atoms with E-state index in [4.69, 9.17) is 0 Å². The number of carboxylic acids is 1. The first-order valence-electron chi connectivity index (χ1n) is 5.63. The Balaban J connectivity index is 2.85. The Hall–Kier alpha value is -0.660. The van der Waals surface area contributed by atoms with Crippen molar-refractivity contribution >= 4 is 16.2 Å². The molecule has 0 aromatic heterocycles. The number of carboxylic acid groups (broad SMARTS) is 1. The lowest BCUT2D eigenvalue weighted by Gasteiger charge is -2.28. The highest BCUT2D eigenvalue weighted by molar-refractivity contribution is 7.87. The predicted molar refractivity (Wildman–Crippen MR) is 63.8 cm³/mol. The second-order valence-electron chi connectivity index (χ2n) is 5.55.